The predicted octanol–water partition coefficient (Wildman–Crippen LogP) is -1.22. The smallest absolute Gasteiger partial charge is 0.243 e. The van der Waals surface area contributed by atoms with Crippen molar-refractivity contribution in [1.82, 2.24) is 16.0 Å². The number of primary amides is 1. The number of hydrogen-bond donors (Lipinski definition) is 8. The van der Waals surface area contributed by atoms with E-state index in [0.29, 0.717) is 36.4 Å². The Hall–Kier alpha value is -3.42. The Kier molecular flexibility index (Phi) is 13.6. The Labute approximate surface area is 238 Å². The summed E-state index contributed by atoms with van der Waals surface area (Å²) in [6, 6.07) is 2.39. The van der Waals surface area contributed by atoms with Gasteiger partial charge in [0.2, 0.25) is 23.6 Å². The summed E-state index contributed by atoms with van der Waals surface area (Å²) in [7, 11) is 0. The number of aliphatic hydroxyl groups is 1. The van der Waals surface area contributed by atoms with Gasteiger partial charge in [-0.15, -0.1) is 0 Å². The van der Waals surface area contributed by atoms with Crippen LogP contribution in [0.25, 0.3) is 0 Å². The zero-order valence-electron chi connectivity index (χ0n) is 22.5. The summed E-state index contributed by atoms with van der Waals surface area (Å²) in [5.41, 5.74) is 22.6. The van der Waals surface area contributed by atoms with E-state index in [1.165, 1.54) is 0 Å². The first-order valence-electron chi connectivity index (χ1n) is 13.4. The summed E-state index contributed by atoms with van der Waals surface area (Å²) in [5.74, 6) is -2.54. The molecule has 12 N–H and O–H groups in total. The van der Waals surface area contributed by atoms with Gasteiger partial charge >= 0.3 is 0 Å². The van der Waals surface area contributed by atoms with Crippen LogP contribution in [0.2, 0.25) is 5.02 Å². The van der Waals surface area contributed by atoms with E-state index in [2.05, 4.69) is 20.9 Å². The molecule has 0 aromatic heterocycles. The number of nitrogens with one attached hydrogen (secondary N) is 3. The first kappa shape index (κ1) is 32.8. The summed E-state index contributed by atoms with van der Waals surface area (Å²) in [4.78, 5) is 55.0. The Morgan fingerprint density at radius 2 is 1.50 bits per heavy atom. The van der Waals surface area contributed by atoms with E-state index in [9.17, 15) is 24.3 Å². The second kappa shape index (κ2) is 16.6. The van der Waals surface area contributed by atoms with Crippen LogP contribution < -0.4 is 38.9 Å². The fourth-order valence-electron chi connectivity index (χ4n) is 4.56. The summed E-state index contributed by atoms with van der Waals surface area (Å²) in [5, 5.41) is 17.8. The molecule has 1 fully saturated rings. The molecular formula is C26H41ClN8O5. The average Bonchev–Trinajstić information content (AvgIpc) is 3.42. The molecule has 1 aliphatic rings. The molecule has 13 nitrogen and oxygen atoms in total. The Bertz CT molecular complexity index is 1030. The quantitative estimate of drug-likeness (QED) is 0.0667. The number of carbonyl (C=O) groups excluding carboxylic acids is 4. The largest absolute Gasteiger partial charge is 0.394 e. The van der Waals surface area contributed by atoms with Crippen LogP contribution in [0.5, 0.6) is 0 Å². The maximum absolute atomic E-state index is 13.5. The summed E-state index contributed by atoms with van der Waals surface area (Å²) >= 11 is 5.97. The van der Waals surface area contributed by atoms with E-state index >= 15 is 0 Å². The van der Waals surface area contributed by atoms with Crippen LogP contribution in [0.4, 0.5) is 0 Å². The number of aliphatic imine (C=N–C) groups is 1. The lowest BCUT2D eigenvalue weighted by atomic mass is 9.96. The summed E-state index contributed by atoms with van der Waals surface area (Å²) in [6.07, 6.45) is 5.14. The van der Waals surface area contributed by atoms with Gasteiger partial charge in [0.15, 0.2) is 5.96 Å². The maximum Gasteiger partial charge on any atom is 0.243 e. The van der Waals surface area contributed by atoms with Crippen molar-refractivity contribution >= 4 is 41.2 Å². The van der Waals surface area contributed by atoms with Gasteiger partial charge < -0.3 is 44.0 Å². The number of halogens is 1. The van der Waals surface area contributed by atoms with Gasteiger partial charge in [-0.1, -0.05) is 49.4 Å². The molecule has 1 aliphatic carbocycles. The van der Waals surface area contributed by atoms with Gasteiger partial charge in [-0.25, -0.2) is 0 Å². The number of hydrogen-bond acceptors (Lipinski definition) is 7. The highest BCUT2D eigenvalue weighted by atomic mass is 35.5. The Balaban J connectivity index is 2.18. The van der Waals surface area contributed by atoms with Crippen molar-refractivity contribution in [3.63, 3.8) is 0 Å². The minimum absolute atomic E-state index is 0.0512. The van der Waals surface area contributed by atoms with Crippen molar-refractivity contribution < 1.29 is 24.3 Å². The number of amides is 4. The van der Waals surface area contributed by atoms with Gasteiger partial charge in [0, 0.05) is 18.0 Å². The molecule has 1 aromatic rings. The second-order valence-electron chi connectivity index (χ2n) is 10.0. The van der Waals surface area contributed by atoms with Crippen molar-refractivity contribution in [2.24, 2.45) is 33.8 Å². The summed E-state index contributed by atoms with van der Waals surface area (Å²) in [6.45, 7) is -0.388. The lowest BCUT2D eigenvalue weighted by Crippen LogP contribution is -2.58. The van der Waals surface area contributed by atoms with Crippen molar-refractivity contribution in [1.29, 1.82) is 0 Å². The zero-order valence-corrected chi connectivity index (χ0v) is 23.2. The normalized spacial score (nSPS) is 16.3. The van der Waals surface area contributed by atoms with Gasteiger partial charge in [-0.3, -0.25) is 24.2 Å². The van der Waals surface area contributed by atoms with E-state index in [1.807, 2.05) is 0 Å². The van der Waals surface area contributed by atoms with Crippen molar-refractivity contribution in [2.75, 3.05) is 13.2 Å². The average molecular weight is 581 g/mol. The first-order chi connectivity index (χ1) is 19.0. The monoisotopic (exact) mass is 580 g/mol. The van der Waals surface area contributed by atoms with E-state index < -0.39 is 54.4 Å². The number of carbonyl (C=O) groups is 4. The molecule has 0 spiro atoms. The van der Waals surface area contributed by atoms with Gasteiger partial charge in [-0.05, 0) is 42.9 Å². The minimum atomic E-state index is -1.33. The van der Waals surface area contributed by atoms with Crippen LogP contribution in [-0.2, 0) is 25.6 Å². The van der Waals surface area contributed by atoms with Crippen molar-refractivity contribution in [3.8, 4) is 0 Å². The van der Waals surface area contributed by atoms with Gasteiger partial charge in [-0.2, -0.15) is 0 Å². The third-order valence-electron chi connectivity index (χ3n) is 6.81. The lowest BCUT2D eigenvalue weighted by molar-refractivity contribution is -0.134. The topological polar surface area (TPSA) is 241 Å². The highest BCUT2D eigenvalue weighted by molar-refractivity contribution is 6.30. The van der Waals surface area contributed by atoms with E-state index in [1.54, 1.807) is 24.3 Å². The predicted molar refractivity (Wildman–Crippen MR) is 152 cm³/mol. The molecule has 1 saturated carbocycles. The second-order valence-corrected chi connectivity index (χ2v) is 10.5. The molecule has 4 atom stereocenters. The molecule has 0 unspecified atom stereocenters. The Morgan fingerprint density at radius 1 is 0.925 bits per heavy atom. The molecule has 0 heterocycles. The number of aliphatic hydroxyl groups excluding tert-OH is 1. The molecule has 0 bridgehead atoms. The highest BCUT2D eigenvalue weighted by Gasteiger charge is 2.32. The molecule has 14 heteroatoms. The van der Waals surface area contributed by atoms with Crippen LogP contribution in [0.15, 0.2) is 29.3 Å². The number of guanidine groups is 1. The zero-order chi connectivity index (χ0) is 29.7. The third kappa shape index (κ3) is 11.4. The SMILES string of the molecule is NC(=O)[C@H](CO)NC(=O)[C@H](Cc1ccc(Cl)cc1)NC(=O)[C@H](CC1CCCC1)NC(=O)[C@@H](N)CCCN=C(N)N. The molecule has 222 valence electrons. The van der Waals surface area contributed by atoms with Gasteiger partial charge in [0.05, 0.1) is 12.6 Å². The molecule has 2 rings (SSSR count). The minimum Gasteiger partial charge on any atom is -0.394 e. The number of benzene rings is 1. The maximum atomic E-state index is 13.5. The molecule has 1 aromatic carbocycles. The van der Waals surface area contributed by atoms with Crippen LogP contribution in [-0.4, -0.2) is 72.0 Å². The molecule has 0 aliphatic heterocycles. The number of rotatable bonds is 16. The van der Waals surface area contributed by atoms with Crippen LogP contribution >= 0.6 is 11.6 Å². The van der Waals surface area contributed by atoms with Gasteiger partial charge in [0.1, 0.15) is 18.1 Å². The van der Waals surface area contributed by atoms with E-state index in [0.717, 1.165) is 25.7 Å². The van der Waals surface area contributed by atoms with Crippen LogP contribution in [0.3, 0.4) is 0 Å². The highest BCUT2D eigenvalue weighted by Crippen LogP contribution is 2.28. The fourth-order valence-corrected chi connectivity index (χ4v) is 4.68. The number of nitrogens with zero attached hydrogens (tertiary/aromatic N) is 1. The van der Waals surface area contributed by atoms with Crippen molar-refractivity contribution in [3.05, 3.63) is 34.9 Å². The molecule has 0 radical (unpaired) electrons. The standard InChI is InChI=1S/C26H41ClN8O5/c27-17-9-7-16(8-10-17)13-20(25(40)35-21(14-36)22(29)37)34-24(39)19(12-15-4-1-2-5-15)33-23(38)18(28)6-3-11-32-26(30)31/h7-10,15,18-21,36H,1-6,11-14,28H2,(H2,29,37)(H,33,38)(H,34,39)(H,35,40)(H4,30,31,32)/t18-,19-,20-,21-/m0/s1. The Morgan fingerprint density at radius 3 is 2.08 bits per heavy atom. The van der Waals surface area contributed by atoms with E-state index in [-0.39, 0.29) is 18.3 Å². The van der Waals surface area contributed by atoms with Crippen LogP contribution in [0.1, 0.15) is 50.5 Å². The molecule has 40 heavy (non-hydrogen) atoms. The third-order valence-corrected chi connectivity index (χ3v) is 7.06. The van der Waals surface area contributed by atoms with E-state index in [4.69, 9.17) is 34.5 Å². The fraction of sp³-hybridized carbons (Fsp3) is 0.577. The van der Waals surface area contributed by atoms with Crippen molar-refractivity contribution in [2.45, 2.75) is 75.5 Å². The first-order valence-corrected chi connectivity index (χ1v) is 13.7. The molecule has 4 amide bonds. The van der Waals surface area contributed by atoms with Gasteiger partial charge in [0.25, 0.3) is 0 Å². The molecule has 0 saturated heterocycles. The lowest BCUT2D eigenvalue weighted by Gasteiger charge is -2.26. The number of nitrogens with two attached hydrogens (primary N) is 4. The summed E-state index contributed by atoms with van der Waals surface area (Å²) < 4.78 is 0. The van der Waals surface area contributed by atoms with Crippen LogP contribution in [0, 0.1) is 5.92 Å². The molecular weight excluding hydrogens is 540 g/mol.